The van der Waals surface area contributed by atoms with Gasteiger partial charge in [-0.1, -0.05) is 18.2 Å². The third kappa shape index (κ3) is 3.74. The number of para-hydroxylation sites is 1. The number of benzene rings is 1. The van der Waals surface area contributed by atoms with Gasteiger partial charge in [0, 0.05) is 23.7 Å². The summed E-state index contributed by atoms with van der Waals surface area (Å²) in [5.74, 6) is 0.979. The van der Waals surface area contributed by atoms with E-state index in [0.717, 1.165) is 5.75 Å². The van der Waals surface area contributed by atoms with Crippen molar-refractivity contribution >= 4 is 0 Å². The molecule has 1 aliphatic rings. The van der Waals surface area contributed by atoms with Crippen molar-refractivity contribution in [2.75, 3.05) is 20.2 Å². The molecule has 1 atom stereocenters. The van der Waals surface area contributed by atoms with Crippen LogP contribution in [0.25, 0.3) is 0 Å². The van der Waals surface area contributed by atoms with Crippen LogP contribution in [0.4, 0.5) is 0 Å². The van der Waals surface area contributed by atoms with Crippen LogP contribution in [0, 0.1) is 0 Å². The van der Waals surface area contributed by atoms with E-state index in [0.29, 0.717) is 18.1 Å². The van der Waals surface area contributed by atoms with Gasteiger partial charge in [0.15, 0.2) is 0 Å². The summed E-state index contributed by atoms with van der Waals surface area (Å²) in [4.78, 5) is 2.56. The Balaban J connectivity index is 1.91. The maximum Gasteiger partial charge on any atom is 0.123 e. The first-order valence-electron chi connectivity index (χ1n) is 7.74. The van der Waals surface area contributed by atoms with E-state index in [2.05, 4.69) is 43.1 Å². The van der Waals surface area contributed by atoms with Crippen LogP contribution < -0.4 is 10.1 Å². The van der Waals surface area contributed by atoms with Crippen LogP contribution in [0.1, 0.15) is 45.2 Å². The lowest BCUT2D eigenvalue weighted by atomic mass is 10.0. The van der Waals surface area contributed by atoms with Crippen molar-refractivity contribution in [3.63, 3.8) is 0 Å². The number of hydrogen-bond acceptors (Lipinski definition) is 3. The number of ether oxygens (including phenoxy) is 1. The van der Waals surface area contributed by atoms with Gasteiger partial charge in [0.25, 0.3) is 0 Å². The van der Waals surface area contributed by atoms with E-state index in [1.54, 1.807) is 7.11 Å². The average molecular weight is 276 g/mol. The zero-order chi connectivity index (χ0) is 14.5. The standard InChI is InChI=1S/C17H28N2O/c1-13(2)19-11-9-15(10-12-19)18-14(3)16-7-5-6-8-17(16)20-4/h5-8,13-15,18H,9-12H2,1-4H3/t14-/m1/s1. The number of rotatable bonds is 5. The first-order chi connectivity index (χ1) is 9.61. The lowest BCUT2D eigenvalue weighted by Crippen LogP contribution is -2.45. The predicted molar refractivity (Wildman–Crippen MR) is 84.3 cm³/mol. The Morgan fingerprint density at radius 3 is 2.40 bits per heavy atom. The second-order valence-corrected chi connectivity index (χ2v) is 6.03. The summed E-state index contributed by atoms with van der Waals surface area (Å²) >= 11 is 0. The molecule has 0 unspecified atom stereocenters. The van der Waals surface area contributed by atoms with Crippen molar-refractivity contribution in [3.05, 3.63) is 29.8 Å². The third-order valence-corrected chi connectivity index (χ3v) is 4.35. The molecule has 1 N–H and O–H groups in total. The molecule has 0 radical (unpaired) electrons. The molecule has 1 aromatic rings. The Kier molecular flexibility index (Phi) is 5.44. The van der Waals surface area contributed by atoms with Crippen molar-refractivity contribution in [1.29, 1.82) is 0 Å². The van der Waals surface area contributed by atoms with E-state index in [1.807, 2.05) is 12.1 Å². The van der Waals surface area contributed by atoms with Gasteiger partial charge in [-0.05, 0) is 52.8 Å². The van der Waals surface area contributed by atoms with Crippen LogP contribution in [0.3, 0.4) is 0 Å². The molecular formula is C17H28N2O. The molecule has 0 amide bonds. The lowest BCUT2D eigenvalue weighted by Gasteiger charge is -2.36. The van der Waals surface area contributed by atoms with Crippen LogP contribution in [-0.4, -0.2) is 37.2 Å². The molecule has 0 spiro atoms. The highest BCUT2D eigenvalue weighted by atomic mass is 16.5. The normalized spacial score (nSPS) is 19.2. The maximum absolute atomic E-state index is 5.46. The van der Waals surface area contributed by atoms with Gasteiger partial charge in [0.2, 0.25) is 0 Å². The van der Waals surface area contributed by atoms with Crippen molar-refractivity contribution in [2.24, 2.45) is 0 Å². The molecule has 0 aliphatic carbocycles. The van der Waals surface area contributed by atoms with Crippen LogP contribution >= 0.6 is 0 Å². The van der Waals surface area contributed by atoms with Gasteiger partial charge in [-0.3, -0.25) is 0 Å². The largest absolute Gasteiger partial charge is 0.496 e. The Morgan fingerprint density at radius 1 is 1.15 bits per heavy atom. The molecule has 0 saturated carbocycles. The summed E-state index contributed by atoms with van der Waals surface area (Å²) in [6.07, 6.45) is 2.47. The van der Waals surface area contributed by atoms with Crippen molar-refractivity contribution < 1.29 is 4.74 Å². The van der Waals surface area contributed by atoms with Gasteiger partial charge in [-0.2, -0.15) is 0 Å². The average Bonchev–Trinajstić information content (AvgIpc) is 2.47. The fraction of sp³-hybridized carbons (Fsp3) is 0.647. The Hall–Kier alpha value is -1.06. The van der Waals surface area contributed by atoms with Crippen LogP contribution in [0.5, 0.6) is 5.75 Å². The van der Waals surface area contributed by atoms with Gasteiger partial charge in [-0.25, -0.2) is 0 Å². The molecule has 1 heterocycles. The smallest absolute Gasteiger partial charge is 0.123 e. The molecule has 3 nitrogen and oxygen atoms in total. The minimum atomic E-state index is 0.335. The number of nitrogens with zero attached hydrogens (tertiary/aromatic N) is 1. The highest BCUT2D eigenvalue weighted by Crippen LogP contribution is 2.26. The van der Waals surface area contributed by atoms with Crippen LogP contribution in [0.2, 0.25) is 0 Å². The Bertz CT molecular complexity index is 411. The molecule has 2 rings (SSSR count). The lowest BCUT2D eigenvalue weighted by molar-refractivity contribution is 0.157. The highest BCUT2D eigenvalue weighted by Gasteiger charge is 2.22. The zero-order valence-corrected chi connectivity index (χ0v) is 13.2. The molecule has 20 heavy (non-hydrogen) atoms. The van der Waals surface area contributed by atoms with Crippen LogP contribution in [0.15, 0.2) is 24.3 Å². The molecule has 112 valence electrons. The van der Waals surface area contributed by atoms with Gasteiger partial charge in [0.05, 0.1) is 7.11 Å². The van der Waals surface area contributed by atoms with Gasteiger partial charge in [0.1, 0.15) is 5.75 Å². The molecular weight excluding hydrogens is 248 g/mol. The summed E-state index contributed by atoms with van der Waals surface area (Å²) < 4.78 is 5.46. The summed E-state index contributed by atoms with van der Waals surface area (Å²) in [6, 6.07) is 9.91. The molecule has 1 fully saturated rings. The molecule has 1 saturated heterocycles. The minimum absolute atomic E-state index is 0.335. The second-order valence-electron chi connectivity index (χ2n) is 6.03. The van der Waals surface area contributed by atoms with Gasteiger partial charge < -0.3 is 15.0 Å². The van der Waals surface area contributed by atoms with E-state index in [-0.39, 0.29) is 0 Å². The molecule has 1 aromatic carbocycles. The SMILES string of the molecule is COc1ccccc1[C@@H](C)NC1CCN(C(C)C)CC1. The maximum atomic E-state index is 5.46. The molecule has 3 heteroatoms. The molecule has 1 aliphatic heterocycles. The van der Waals surface area contributed by atoms with E-state index in [1.165, 1.54) is 31.5 Å². The van der Waals surface area contributed by atoms with Gasteiger partial charge in [-0.15, -0.1) is 0 Å². The molecule has 0 bridgehead atoms. The Labute approximate surface area is 123 Å². The zero-order valence-electron chi connectivity index (χ0n) is 13.2. The minimum Gasteiger partial charge on any atom is -0.496 e. The number of nitrogens with one attached hydrogen (secondary N) is 1. The summed E-state index contributed by atoms with van der Waals surface area (Å²) in [6.45, 7) is 9.20. The third-order valence-electron chi connectivity index (χ3n) is 4.35. The second kappa shape index (κ2) is 7.09. The predicted octanol–water partition coefficient (Wildman–Crippen LogP) is 3.22. The monoisotopic (exact) mass is 276 g/mol. The van der Waals surface area contributed by atoms with Crippen LogP contribution in [-0.2, 0) is 0 Å². The fourth-order valence-electron chi connectivity index (χ4n) is 3.05. The van der Waals surface area contributed by atoms with E-state index in [4.69, 9.17) is 4.74 Å². The highest BCUT2D eigenvalue weighted by molar-refractivity contribution is 5.35. The van der Waals surface area contributed by atoms with E-state index >= 15 is 0 Å². The number of likely N-dealkylation sites (tertiary alicyclic amines) is 1. The molecule has 0 aromatic heterocycles. The first kappa shape index (κ1) is 15.3. The van der Waals surface area contributed by atoms with Crippen molar-refractivity contribution in [1.82, 2.24) is 10.2 Å². The fourth-order valence-corrected chi connectivity index (χ4v) is 3.05. The Morgan fingerprint density at radius 2 is 1.80 bits per heavy atom. The van der Waals surface area contributed by atoms with E-state index < -0.39 is 0 Å². The quantitative estimate of drug-likeness (QED) is 0.893. The summed E-state index contributed by atoms with van der Waals surface area (Å²) in [7, 11) is 1.74. The topological polar surface area (TPSA) is 24.5 Å². The number of hydrogen-bond donors (Lipinski definition) is 1. The summed E-state index contributed by atoms with van der Waals surface area (Å²) in [5, 5.41) is 3.76. The first-order valence-corrected chi connectivity index (χ1v) is 7.74. The van der Waals surface area contributed by atoms with E-state index in [9.17, 15) is 0 Å². The van der Waals surface area contributed by atoms with Crippen molar-refractivity contribution in [2.45, 2.75) is 51.7 Å². The van der Waals surface area contributed by atoms with Gasteiger partial charge >= 0.3 is 0 Å². The number of methoxy groups -OCH3 is 1. The van der Waals surface area contributed by atoms with Crippen molar-refractivity contribution in [3.8, 4) is 5.75 Å². The number of piperidine rings is 1. The summed E-state index contributed by atoms with van der Waals surface area (Å²) in [5.41, 5.74) is 1.25.